The summed E-state index contributed by atoms with van der Waals surface area (Å²) < 4.78 is 44.6. The highest BCUT2D eigenvalue weighted by atomic mass is 19.4. The van der Waals surface area contributed by atoms with E-state index in [2.05, 4.69) is 24.9 Å². The zero-order chi connectivity index (χ0) is 21.4. The number of ether oxygens (including phenoxy) is 1. The van der Waals surface area contributed by atoms with E-state index in [1.807, 2.05) is 30.3 Å². The predicted molar refractivity (Wildman–Crippen MR) is 107 cm³/mol. The van der Waals surface area contributed by atoms with E-state index in [0.717, 1.165) is 16.6 Å². The van der Waals surface area contributed by atoms with Gasteiger partial charge in [-0.2, -0.15) is 18.3 Å². The lowest BCUT2D eigenvalue weighted by molar-refractivity contribution is -0.176. The Labute approximate surface area is 173 Å². The Kier molecular flexibility index (Phi) is 4.63. The van der Waals surface area contributed by atoms with Crippen molar-refractivity contribution >= 4 is 16.7 Å². The molecule has 0 saturated heterocycles. The molecule has 31 heavy (non-hydrogen) atoms. The summed E-state index contributed by atoms with van der Waals surface area (Å²) in [6.45, 7) is -1.40. The van der Waals surface area contributed by atoms with Crippen molar-refractivity contribution in [3.63, 3.8) is 0 Å². The van der Waals surface area contributed by atoms with Gasteiger partial charge in [0.05, 0.1) is 23.9 Å². The van der Waals surface area contributed by atoms with Crippen LogP contribution < -0.4 is 0 Å². The third-order valence-electron chi connectivity index (χ3n) is 4.65. The molecule has 0 aliphatic rings. The smallest absolute Gasteiger partial charge is 0.367 e. The fourth-order valence-corrected chi connectivity index (χ4v) is 3.24. The lowest BCUT2D eigenvalue weighted by atomic mass is 10.1. The summed E-state index contributed by atoms with van der Waals surface area (Å²) in [5.74, 6) is 0.476. The van der Waals surface area contributed by atoms with Crippen LogP contribution in [0.15, 0.2) is 67.1 Å². The molecule has 5 aromatic rings. The molecule has 0 aliphatic carbocycles. The number of hydrogen-bond donors (Lipinski definition) is 0. The first-order chi connectivity index (χ1) is 15.0. The third-order valence-corrected chi connectivity index (χ3v) is 4.65. The molecule has 0 bridgehead atoms. The molecule has 2 aromatic carbocycles. The van der Waals surface area contributed by atoms with Crippen LogP contribution in [-0.2, 0) is 11.3 Å². The zero-order valence-corrected chi connectivity index (χ0v) is 16.0. The second-order valence-corrected chi connectivity index (χ2v) is 6.88. The molecule has 3 aromatic heterocycles. The number of rotatable bonds is 5. The normalized spacial score (nSPS) is 12.1. The molecule has 7 nitrogen and oxygen atoms in total. The predicted octanol–water partition coefficient (Wildman–Crippen LogP) is 4.21. The standard InChI is InChI=1S/C21H15F3N6O/c22-21(23,24)12-31-11-14-6-8-15(9-7-14)18-27-20-17-10-26-30(16-4-2-1-3-5-16)19(17)25-13-29(20)28-18/h1-10,13H,11-12H2. The van der Waals surface area contributed by atoms with Gasteiger partial charge in [0.2, 0.25) is 0 Å². The van der Waals surface area contributed by atoms with Gasteiger partial charge in [0.1, 0.15) is 12.9 Å². The zero-order valence-electron chi connectivity index (χ0n) is 16.0. The van der Waals surface area contributed by atoms with E-state index in [1.165, 1.54) is 0 Å². The van der Waals surface area contributed by atoms with Crippen LogP contribution in [0.1, 0.15) is 5.56 Å². The minimum Gasteiger partial charge on any atom is -0.367 e. The van der Waals surface area contributed by atoms with E-state index in [4.69, 9.17) is 0 Å². The number of nitrogens with zero attached hydrogens (tertiary/aromatic N) is 6. The molecule has 0 amide bonds. The number of halogens is 3. The molecular weight excluding hydrogens is 409 g/mol. The van der Waals surface area contributed by atoms with Crippen molar-refractivity contribution in [2.24, 2.45) is 0 Å². The summed E-state index contributed by atoms with van der Waals surface area (Å²) in [6.07, 6.45) is -1.06. The monoisotopic (exact) mass is 424 g/mol. The second kappa shape index (κ2) is 7.47. The fourth-order valence-electron chi connectivity index (χ4n) is 3.24. The average molecular weight is 424 g/mol. The Bertz CT molecular complexity index is 1340. The summed E-state index contributed by atoms with van der Waals surface area (Å²) in [6, 6.07) is 16.5. The number of alkyl halides is 3. The van der Waals surface area contributed by atoms with Gasteiger partial charge in [0.15, 0.2) is 17.1 Å². The van der Waals surface area contributed by atoms with Crippen LogP contribution in [0.3, 0.4) is 0 Å². The third kappa shape index (κ3) is 3.84. The lowest BCUT2D eigenvalue weighted by Gasteiger charge is -2.07. The van der Waals surface area contributed by atoms with Gasteiger partial charge >= 0.3 is 6.18 Å². The van der Waals surface area contributed by atoms with Gasteiger partial charge in [-0.05, 0) is 17.7 Å². The van der Waals surface area contributed by atoms with Gasteiger partial charge in [-0.15, -0.1) is 5.10 Å². The summed E-state index contributed by atoms with van der Waals surface area (Å²) in [4.78, 5) is 9.09. The molecular formula is C21H15F3N6O. The van der Waals surface area contributed by atoms with E-state index in [1.54, 1.807) is 46.0 Å². The quantitative estimate of drug-likeness (QED) is 0.423. The summed E-state index contributed by atoms with van der Waals surface area (Å²) in [5, 5.41) is 9.65. The number of benzene rings is 2. The van der Waals surface area contributed by atoms with Gasteiger partial charge in [-0.1, -0.05) is 42.5 Å². The van der Waals surface area contributed by atoms with E-state index < -0.39 is 12.8 Å². The van der Waals surface area contributed by atoms with E-state index in [0.29, 0.717) is 22.7 Å². The molecule has 10 heteroatoms. The van der Waals surface area contributed by atoms with Gasteiger partial charge in [0, 0.05) is 5.56 Å². The highest BCUT2D eigenvalue weighted by Crippen LogP contribution is 2.23. The molecule has 3 heterocycles. The maximum absolute atomic E-state index is 12.2. The maximum Gasteiger partial charge on any atom is 0.411 e. The van der Waals surface area contributed by atoms with Crippen LogP contribution in [0, 0.1) is 0 Å². The average Bonchev–Trinajstić information content (AvgIpc) is 3.38. The van der Waals surface area contributed by atoms with Crippen molar-refractivity contribution < 1.29 is 17.9 Å². The topological polar surface area (TPSA) is 70.1 Å². The highest BCUT2D eigenvalue weighted by molar-refractivity contribution is 5.89. The molecule has 156 valence electrons. The molecule has 0 radical (unpaired) electrons. The van der Waals surface area contributed by atoms with Gasteiger partial charge in [-0.25, -0.2) is 19.2 Å². The summed E-state index contributed by atoms with van der Waals surface area (Å²) in [7, 11) is 0. The number of para-hydroxylation sites is 1. The molecule has 0 atom stereocenters. The Hall–Kier alpha value is -3.79. The first-order valence-electron chi connectivity index (χ1n) is 9.36. The Morgan fingerprint density at radius 1 is 0.935 bits per heavy atom. The van der Waals surface area contributed by atoms with Crippen LogP contribution >= 0.6 is 0 Å². The van der Waals surface area contributed by atoms with Crippen LogP contribution in [0.25, 0.3) is 33.8 Å². The van der Waals surface area contributed by atoms with Gasteiger partial charge < -0.3 is 4.74 Å². The number of aromatic nitrogens is 6. The minimum atomic E-state index is -4.34. The Balaban J connectivity index is 1.43. The molecule has 0 spiro atoms. The van der Waals surface area contributed by atoms with Crippen molar-refractivity contribution in [2.45, 2.75) is 12.8 Å². The van der Waals surface area contributed by atoms with E-state index in [-0.39, 0.29) is 6.61 Å². The summed E-state index contributed by atoms with van der Waals surface area (Å²) in [5.41, 5.74) is 3.52. The van der Waals surface area contributed by atoms with Crippen molar-refractivity contribution in [2.75, 3.05) is 6.61 Å². The second-order valence-electron chi connectivity index (χ2n) is 6.88. The Morgan fingerprint density at radius 3 is 2.45 bits per heavy atom. The molecule has 0 N–H and O–H groups in total. The molecule has 0 fully saturated rings. The van der Waals surface area contributed by atoms with Crippen LogP contribution in [0.5, 0.6) is 0 Å². The largest absolute Gasteiger partial charge is 0.411 e. The number of hydrogen-bond acceptors (Lipinski definition) is 5. The van der Waals surface area contributed by atoms with Crippen molar-refractivity contribution in [1.82, 2.24) is 29.4 Å². The van der Waals surface area contributed by atoms with Crippen LogP contribution in [0.4, 0.5) is 13.2 Å². The minimum absolute atomic E-state index is 0.123. The van der Waals surface area contributed by atoms with E-state index >= 15 is 0 Å². The maximum atomic E-state index is 12.2. The van der Waals surface area contributed by atoms with Crippen molar-refractivity contribution in [1.29, 1.82) is 0 Å². The number of fused-ring (bicyclic) bond motifs is 3. The van der Waals surface area contributed by atoms with Gasteiger partial charge in [0.25, 0.3) is 0 Å². The SMILES string of the molecule is FC(F)(F)COCc1ccc(-c2nc3c4cnn(-c5ccccc5)c4ncn3n2)cc1. The van der Waals surface area contributed by atoms with Crippen LogP contribution in [-0.4, -0.2) is 42.1 Å². The fraction of sp³-hybridized carbons (Fsp3) is 0.143. The van der Waals surface area contributed by atoms with Crippen molar-refractivity contribution in [3.05, 3.63) is 72.7 Å². The van der Waals surface area contributed by atoms with Crippen molar-refractivity contribution in [3.8, 4) is 17.1 Å². The molecule has 0 unspecified atom stereocenters. The Morgan fingerprint density at radius 2 is 1.71 bits per heavy atom. The van der Waals surface area contributed by atoms with E-state index in [9.17, 15) is 13.2 Å². The molecule has 0 aliphatic heterocycles. The highest BCUT2D eigenvalue weighted by Gasteiger charge is 2.27. The lowest BCUT2D eigenvalue weighted by Crippen LogP contribution is -2.16. The summed E-state index contributed by atoms with van der Waals surface area (Å²) >= 11 is 0. The first-order valence-corrected chi connectivity index (χ1v) is 9.36. The molecule has 0 saturated carbocycles. The van der Waals surface area contributed by atoms with Gasteiger partial charge in [-0.3, -0.25) is 0 Å². The first kappa shape index (κ1) is 19.2. The molecule has 5 rings (SSSR count). The van der Waals surface area contributed by atoms with Crippen LogP contribution in [0.2, 0.25) is 0 Å².